The standard InChI is InChI=1S/C10H8INO2/c1-6(13)8-4-3-7(5-12)9(11)10(8)14-2/h3-4H,1-2H3. The number of benzene rings is 1. The lowest BCUT2D eigenvalue weighted by Crippen LogP contribution is -2.00. The molecule has 4 heteroatoms. The van der Waals surface area contributed by atoms with Crippen molar-refractivity contribution in [1.82, 2.24) is 0 Å². The van der Waals surface area contributed by atoms with Crippen LogP contribution in [-0.4, -0.2) is 12.9 Å². The average molecular weight is 301 g/mol. The normalized spacial score (nSPS) is 9.29. The minimum absolute atomic E-state index is 0.0655. The van der Waals surface area contributed by atoms with Gasteiger partial charge >= 0.3 is 0 Å². The molecule has 72 valence electrons. The van der Waals surface area contributed by atoms with Crippen LogP contribution in [0.3, 0.4) is 0 Å². The third kappa shape index (κ3) is 1.87. The van der Waals surface area contributed by atoms with Crippen molar-refractivity contribution in [2.45, 2.75) is 6.92 Å². The van der Waals surface area contributed by atoms with E-state index in [-0.39, 0.29) is 5.78 Å². The molecule has 0 aliphatic heterocycles. The lowest BCUT2D eigenvalue weighted by molar-refractivity contribution is 0.101. The summed E-state index contributed by atoms with van der Waals surface area (Å²) in [5, 5.41) is 8.77. The first-order valence-corrected chi connectivity index (χ1v) is 4.97. The zero-order chi connectivity index (χ0) is 10.7. The highest BCUT2D eigenvalue weighted by molar-refractivity contribution is 14.1. The smallest absolute Gasteiger partial charge is 0.163 e. The van der Waals surface area contributed by atoms with E-state index in [1.807, 2.05) is 28.7 Å². The Morgan fingerprint density at radius 3 is 2.64 bits per heavy atom. The Morgan fingerprint density at radius 1 is 1.57 bits per heavy atom. The van der Waals surface area contributed by atoms with E-state index in [0.29, 0.717) is 20.4 Å². The monoisotopic (exact) mass is 301 g/mol. The summed E-state index contributed by atoms with van der Waals surface area (Å²) < 4.78 is 5.78. The van der Waals surface area contributed by atoms with Crippen molar-refractivity contribution in [2.24, 2.45) is 0 Å². The quantitative estimate of drug-likeness (QED) is 0.622. The topological polar surface area (TPSA) is 50.1 Å². The molecule has 0 atom stereocenters. The minimum Gasteiger partial charge on any atom is -0.495 e. The molecule has 14 heavy (non-hydrogen) atoms. The van der Waals surface area contributed by atoms with Gasteiger partial charge in [0, 0.05) is 0 Å². The van der Waals surface area contributed by atoms with Crippen LogP contribution in [0.2, 0.25) is 0 Å². The predicted octanol–water partition coefficient (Wildman–Crippen LogP) is 2.37. The molecule has 0 saturated carbocycles. The SMILES string of the molecule is COc1c(C(C)=O)ccc(C#N)c1I. The molecular weight excluding hydrogens is 293 g/mol. The fourth-order valence-corrected chi connectivity index (χ4v) is 1.93. The molecule has 0 N–H and O–H groups in total. The summed E-state index contributed by atoms with van der Waals surface area (Å²) in [6, 6.07) is 5.28. The maximum atomic E-state index is 11.2. The van der Waals surface area contributed by atoms with Gasteiger partial charge in [-0.2, -0.15) is 5.26 Å². The Labute approximate surface area is 95.8 Å². The maximum Gasteiger partial charge on any atom is 0.163 e. The molecule has 0 radical (unpaired) electrons. The molecule has 0 amide bonds. The Kier molecular flexibility index (Phi) is 3.47. The molecule has 0 fully saturated rings. The van der Waals surface area contributed by atoms with Crippen molar-refractivity contribution in [3.05, 3.63) is 26.8 Å². The minimum atomic E-state index is -0.0655. The number of rotatable bonds is 2. The van der Waals surface area contributed by atoms with E-state index in [9.17, 15) is 4.79 Å². The Bertz CT molecular complexity index is 421. The lowest BCUT2D eigenvalue weighted by Gasteiger charge is -2.08. The number of halogens is 1. The van der Waals surface area contributed by atoms with Crippen molar-refractivity contribution in [3.8, 4) is 11.8 Å². The van der Waals surface area contributed by atoms with Crippen molar-refractivity contribution >= 4 is 28.4 Å². The fraction of sp³-hybridized carbons (Fsp3) is 0.200. The van der Waals surface area contributed by atoms with E-state index in [0.717, 1.165) is 0 Å². The molecule has 1 aromatic carbocycles. The van der Waals surface area contributed by atoms with Gasteiger partial charge < -0.3 is 4.74 Å². The van der Waals surface area contributed by atoms with E-state index in [1.54, 1.807) is 12.1 Å². The van der Waals surface area contributed by atoms with E-state index < -0.39 is 0 Å². The van der Waals surface area contributed by atoms with Crippen LogP contribution in [0, 0.1) is 14.9 Å². The first-order chi connectivity index (χ1) is 6.61. The summed E-state index contributed by atoms with van der Waals surface area (Å²) in [4.78, 5) is 11.2. The molecule has 0 aromatic heterocycles. The van der Waals surface area contributed by atoms with Gasteiger partial charge in [-0.15, -0.1) is 0 Å². The summed E-state index contributed by atoms with van der Waals surface area (Å²) in [5.41, 5.74) is 1.03. The maximum absolute atomic E-state index is 11.2. The first kappa shape index (κ1) is 11.0. The Morgan fingerprint density at radius 2 is 2.21 bits per heavy atom. The number of carbonyl (C=O) groups is 1. The summed E-state index contributed by atoms with van der Waals surface area (Å²) in [5.74, 6) is 0.418. The summed E-state index contributed by atoms with van der Waals surface area (Å²) in [6.07, 6.45) is 0. The number of hydrogen-bond donors (Lipinski definition) is 0. The molecule has 0 aliphatic rings. The first-order valence-electron chi connectivity index (χ1n) is 3.89. The Balaban J connectivity index is 3.45. The van der Waals surface area contributed by atoms with E-state index >= 15 is 0 Å². The van der Waals surface area contributed by atoms with E-state index in [4.69, 9.17) is 10.00 Å². The molecule has 0 heterocycles. The van der Waals surface area contributed by atoms with Crippen LogP contribution >= 0.6 is 22.6 Å². The van der Waals surface area contributed by atoms with Crippen LogP contribution in [0.4, 0.5) is 0 Å². The van der Waals surface area contributed by atoms with Gasteiger partial charge in [0.25, 0.3) is 0 Å². The van der Waals surface area contributed by atoms with Crippen molar-refractivity contribution < 1.29 is 9.53 Å². The molecule has 0 bridgehead atoms. The number of nitrogens with zero attached hydrogens (tertiary/aromatic N) is 1. The number of ether oxygens (including phenoxy) is 1. The van der Waals surface area contributed by atoms with Gasteiger partial charge in [0.2, 0.25) is 0 Å². The molecule has 1 aromatic rings. The third-order valence-corrected chi connectivity index (χ3v) is 2.87. The largest absolute Gasteiger partial charge is 0.495 e. The number of hydrogen-bond acceptors (Lipinski definition) is 3. The molecule has 1 rings (SSSR count). The Hall–Kier alpha value is -1.09. The van der Waals surface area contributed by atoms with Gasteiger partial charge in [-0.25, -0.2) is 0 Å². The number of ketones is 1. The lowest BCUT2D eigenvalue weighted by atomic mass is 10.1. The summed E-state index contributed by atoms with van der Waals surface area (Å²) in [6.45, 7) is 1.47. The zero-order valence-corrected chi connectivity index (χ0v) is 9.95. The highest BCUT2D eigenvalue weighted by Crippen LogP contribution is 2.28. The van der Waals surface area contributed by atoms with Crippen LogP contribution < -0.4 is 4.74 Å². The van der Waals surface area contributed by atoms with Gasteiger partial charge in [-0.05, 0) is 41.6 Å². The number of methoxy groups -OCH3 is 1. The van der Waals surface area contributed by atoms with Crippen LogP contribution in [0.1, 0.15) is 22.8 Å². The van der Waals surface area contributed by atoms with Crippen LogP contribution in [0.25, 0.3) is 0 Å². The van der Waals surface area contributed by atoms with E-state index in [1.165, 1.54) is 14.0 Å². The third-order valence-electron chi connectivity index (χ3n) is 1.80. The van der Waals surface area contributed by atoms with Gasteiger partial charge in [-0.1, -0.05) is 0 Å². The second-order valence-corrected chi connectivity index (χ2v) is 3.75. The van der Waals surface area contributed by atoms with Gasteiger partial charge in [0.05, 0.1) is 21.8 Å². The average Bonchev–Trinajstić information content (AvgIpc) is 2.17. The molecule has 0 unspecified atom stereocenters. The summed E-state index contributed by atoms with van der Waals surface area (Å²) >= 11 is 2.00. The van der Waals surface area contributed by atoms with Gasteiger partial charge in [0.1, 0.15) is 11.8 Å². The fourth-order valence-electron chi connectivity index (χ4n) is 1.12. The van der Waals surface area contributed by atoms with E-state index in [2.05, 4.69) is 0 Å². The number of nitriles is 1. The van der Waals surface area contributed by atoms with Crippen molar-refractivity contribution in [1.29, 1.82) is 5.26 Å². The molecule has 0 saturated heterocycles. The number of carbonyl (C=O) groups excluding carboxylic acids is 1. The zero-order valence-electron chi connectivity index (χ0n) is 7.80. The van der Waals surface area contributed by atoms with Crippen LogP contribution in [-0.2, 0) is 0 Å². The predicted molar refractivity (Wildman–Crippen MR) is 60.4 cm³/mol. The number of Topliss-reactive ketones (excluding diaryl/α,β-unsaturated/α-hetero) is 1. The second kappa shape index (κ2) is 4.42. The highest BCUT2D eigenvalue weighted by Gasteiger charge is 2.14. The second-order valence-electron chi connectivity index (χ2n) is 2.68. The molecule has 0 aliphatic carbocycles. The van der Waals surface area contributed by atoms with Gasteiger partial charge in [0.15, 0.2) is 5.78 Å². The van der Waals surface area contributed by atoms with Crippen molar-refractivity contribution in [3.63, 3.8) is 0 Å². The van der Waals surface area contributed by atoms with Crippen LogP contribution in [0.5, 0.6) is 5.75 Å². The molecule has 3 nitrogen and oxygen atoms in total. The molecule has 0 spiro atoms. The van der Waals surface area contributed by atoms with Crippen LogP contribution in [0.15, 0.2) is 12.1 Å². The molecular formula is C10H8INO2. The van der Waals surface area contributed by atoms with Gasteiger partial charge in [-0.3, -0.25) is 4.79 Å². The van der Waals surface area contributed by atoms with Crippen molar-refractivity contribution in [2.75, 3.05) is 7.11 Å². The highest BCUT2D eigenvalue weighted by atomic mass is 127. The summed E-state index contributed by atoms with van der Waals surface area (Å²) in [7, 11) is 1.49.